The molecular formula is C30H32N8. The summed E-state index contributed by atoms with van der Waals surface area (Å²) in [7, 11) is 0. The highest BCUT2D eigenvalue weighted by Gasteiger charge is 1.96. The lowest BCUT2D eigenvalue weighted by Gasteiger charge is -2.03. The molecular weight excluding hydrogens is 472 g/mol. The number of hydrogen-bond donors (Lipinski definition) is 4. The van der Waals surface area contributed by atoms with Gasteiger partial charge < -0.3 is 22.1 Å². The maximum atomic E-state index is 5.51. The molecule has 192 valence electrons. The Balaban J connectivity index is 1.28. The molecule has 0 saturated carbocycles. The van der Waals surface area contributed by atoms with Gasteiger partial charge in [-0.15, -0.1) is 0 Å². The number of nitrogens with one attached hydrogen (secondary N) is 2. The summed E-state index contributed by atoms with van der Waals surface area (Å²) in [5.74, 6) is 0. The molecule has 38 heavy (non-hydrogen) atoms. The molecule has 0 fully saturated rings. The van der Waals surface area contributed by atoms with Crippen LogP contribution in [0.1, 0.15) is 11.1 Å². The molecule has 0 aliphatic heterocycles. The number of nitrogens with zero attached hydrogens (tertiary/aromatic N) is 4. The zero-order valence-corrected chi connectivity index (χ0v) is 21.2. The van der Waals surface area contributed by atoms with Gasteiger partial charge in [-0.3, -0.25) is 0 Å². The van der Waals surface area contributed by atoms with Crippen molar-refractivity contribution in [2.24, 2.45) is 31.9 Å². The van der Waals surface area contributed by atoms with Crippen LogP contribution in [0.15, 0.2) is 118 Å². The maximum absolute atomic E-state index is 5.51. The van der Waals surface area contributed by atoms with Crippen LogP contribution in [0.5, 0.6) is 0 Å². The zero-order valence-electron chi connectivity index (χ0n) is 21.2. The van der Waals surface area contributed by atoms with Crippen LogP contribution >= 0.6 is 0 Å². The highest BCUT2D eigenvalue weighted by Crippen LogP contribution is 2.23. The summed E-state index contributed by atoms with van der Waals surface area (Å²) in [5.41, 5.74) is 18.4. The van der Waals surface area contributed by atoms with Gasteiger partial charge in [-0.05, 0) is 83.9 Å². The molecule has 0 atom stereocenters. The summed E-state index contributed by atoms with van der Waals surface area (Å²) >= 11 is 0. The van der Waals surface area contributed by atoms with Crippen molar-refractivity contribution in [1.82, 2.24) is 0 Å². The van der Waals surface area contributed by atoms with Gasteiger partial charge in [0, 0.05) is 37.6 Å². The van der Waals surface area contributed by atoms with Gasteiger partial charge in [0.05, 0.1) is 22.7 Å². The largest absolute Gasteiger partial charge is 0.384 e. The summed E-state index contributed by atoms with van der Waals surface area (Å²) in [5, 5.41) is 23.7. The van der Waals surface area contributed by atoms with E-state index in [0.717, 1.165) is 58.3 Å². The minimum absolute atomic E-state index is 0.594. The van der Waals surface area contributed by atoms with E-state index in [1.54, 1.807) is 0 Å². The van der Waals surface area contributed by atoms with Gasteiger partial charge in [0.1, 0.15) is 0 Å². The third kappa shape index (κ3) is 8.48. The van der Waals surface area contributed by atoms with Crippen molar-refractivity contribution in [3.63, 3.8) is 0 Å². The van der Waals surface area contributed by atoms with E-state index >= 15 is 0 Å². The Morgan fingerprint density at radius 2 is 0.737 bits per heavy atom. The molecule has 0 amide bonds. The SMILES string of the molecule is NCCNc1ccc(/N=N/c2ccc(/C=C/c3ccc(/N=N/c4ccc(NCCN)cc4)cc3)cc2)cc1. The Morgan fingerprint density at radius 3 is 1.03 bits per heavy atom. The molecule has 6 N–H and O–H groups in total. The van der Waals surface area contributed by atoms with E-state index < -0.39 is 0 Å². The Bertz CT molecular complexity index is 1230. The Labute approximate surface area is 223 Å². The topological polar surface area (TPSA) is 126 Å². The second-order valence-corrected chi connectivity index (χ2v) is 8.44. The van der Waals surface area contributed by atoms with Gasteiger partial charge in [0.25, 0.3) is 0 Å². The van der Waals surface area contributed by atoms with Crippen molar-refractivity contribution in [3.05, 3.63) is 108 Å². The first kappa shape index (κ1) is 26.4. The molecule has 4 aromatic carbocycles. The normalized spacial score (nSPS) is 11.5. The first-order valence-electron chi connectivity index (χ1n) is 12.5. The van der Waals surface area contributed by atoms with Gasteiger partial charge in [-0.1, -0.05) is 36.4 Å². The van der Waals surface area contributed by atoms with Gasteiger partial charge in [0.2, 0.25) is 0 Å². The van der Waals surface area contributed by atoms with Crippen LogP contribution in [-0.2, 0) is 0 Å². The molecule has 0 heterocycles. The molecule has 0 saturated heterocycles. The molecule has 0 unspecified atom stereocenters. The van der Waals surface area contributed by atoms with Crippen LogP contribution in [0.25, 0.3) is 12.2 Å². The Morgan fingerprint density at radius 1 is 0.447 bits per heavy atom. The number of hydrogen-bond acceptors (Lipinski definition) is 8. The number of rotatable bonds is 12. The average molecular weight is 505 g/mol. The lowest BCUT2D eigenvalue weighted by Crippen LogP contribution is -2.12. The predicted molar refractivity (Wildman–Crippen MR) is 158 cm³/mol. The van der Waals surface area contributed by atoms with E-state index in [1.807, 2.05) is 97.1 Å². The van der Waals surface area contributed by atoms with Gasteiger partial charge in [-0.25, -0.2) is 0 Å². The van der Waals surface area contributed by atoms with Gasteiger partial charge in [0.15, 0.2) is 0 Å². The summed E-state index contributed by atoms with van der Waals surface area (Å²) in [6, 6.07) is 31.4. The lowest BCUT2D eigenvalue weighted by molar-refractivity contribution is 1.02. The van der Waals surface area contributed by atoms with Crippen LogP contribution in [-0.4, -0.2) is 26.2 Å². The number of nitrogens with two attached hydrogens (primary N) is 2. The fourth-order valence-corrected chi connectivity index (χ4v) is 3.45. The van der Waals surface area contributed by atoms with Gasteiger partial charge >= 0.3 is 0 Å². The summed E-state index contributed by atoms with van der Waals surface area (Å²) < 4.78 is 0. The van der Waals surface area contributed by atoms with E-state index in [-0.39, 0.29) is 0 Å². The van der Waals surface area contributed by atoms with Crippen LogP contribution in [0.3, 0.4) is 0 Å². The molecule has 8 heteroatoms. The van der Waals surface area contributed by atoms with E-state index in [1.165, 1.54) is 0 Å². The second kappa shape index (κ2) is 14.2. The van der Waals surface area contributed by atoms with Crippen molar-refractivity contribution in [3.8, 4) is 0 Å². The molecule has 0 bridgehead atoms. The fraction of sp³-hybridized carbons (Fsp3) is 0.133. The Hall–Kier alpha value is -4.66. The van der Waals surface area contributed by atoms with Crippen molar-refractivity contribution < 1.29 is 0 Å². The molecule has 0 aliphatic carbocycles. The average Bonchev–Trinajstić information content (AvgIpc) is 2.98. The number of azo groups is 2. The summed E-state index contributed by atoms with van der Waals surface area (Å²) in [6.45, 7) is 2.67. The van der Waals surface area contributed by atoms with Crippen molar-refractivity contribution in [2.45, 2.75) is 0 Å². The maximum Gasteiger partial charge on any atom is 0.0858 e. The zero-order chi connectivity index (χ0) is 26.4. The highest BCUT2D eigenvalue weighted by molar-refractivity contribution is 5.70. The minimum atomic E-state index is 0.594. The monoisotopic (exact) mass is 504 g/mol. The summed E-state index contributed by atoms with van der Waals surface area (Å²) in [4.78, 5) is 0. The molecule has 4 aromatic rings. The van der Waals surface area contributed by atoms with E-state index in [2.05, 4.69) is 43.2 Å². The van der Waals surface area contributed by atoms with Crippen molar-refractivity contribution in [2.75, 3.05) is 36.8 Å². The van der Waals surface area contributed by atoms with E-state index in [4.69, 9.17) is 11.5 Å². The molecule has 0 spiro atoms. The second-order valence-electron chi connectivity index (χ2n) is 8.44. The van der Waals surface area contributed by atoms with E-state index in [0.29, 0.717) is 13.1 Å². The van der Waals surface area contributed by atoms with Gasteiger partial charge in [-0.2, -0.15) is 20.5 Å². The lowest BCUT2D eigenvalue weighted by atomic mass is 10.1. The summed E-state index contributed by atoms with van der Waals surface area (Å²) in [6.07, 6.45) is 4.12. The third-order valence-corrected chi connectivity index (χ3v) is 5.50. The molecule has 0 radical (unpaired) electrons. The van der Waals surface area contributed by atoms with E-state index in [9.17, 15) is 0 Å². The van der Waals surface area contributed by atoms with Crippen LogP contribution in [0.2, 0.25) is 0 Å². The van der Waals surface area contributed by atoms with Crippen LogP contribution in [0.4, 0.5) is 34.1 Å². The smallest absolute Gasteiger partial charge is 0.0858 e. The quantitative estimate of drug-likeness (QED) is 0.118. The number of benzene rings is 4. The van der Waals surface area contributed by atoms with Crippen molar-refractivity contribution in [1.29, 1.82) is 0 Å². The molecule has 8 nitrogen and oxygen atoms in total. The van der Waals surface area contributed by atoms with Crippen molar-refractivity contribution >= 4 is 46.3 Å². The molecule has 0 aliphatic rings. The Kier molecular flexibility index (Phi) is 9.85. The first-order valence-corrected chi connectivity index (χ1v) is 12.5. The molecule has 0 aromatic heterocycles. The first-order chi connectivity index (χ1) is 18.7. The van der Waals surface area contributed by atoms with Crippen LogP contribution in [0, 0.1) is 0 Å². The predicted octanol–water partition coefficient (Wildman–Crippen LogP) is 7.43. The fourth-order valence-electron chi connectivity index (χ4n) is 3.45. The highest BCUT2D eigenvalue weighted by atomic mass is 15.1. The standard InChI is InChI=1S/C30H32N8/c31-19-21-33-25-11-15-29(16-12-25)37-35-27-7-3-23(4-8-27)1-2-24-5-9-28(10-6-24)36-38-30-17-13-26(14-18-30)34-22-20-32/h1-18,33-34H,19-22,31-32H2/b2-1+,37-35+,38-36+. The van der Waals surface area contributed by atoms with Crippen LogP contribution < -0.4 is 22.1 Å². The third-order valence-electron chi connectivity index (χ3n) is 5.50. The molecule has 4 rings (SSSR count). The number of anilines is 2. The minimum Gasteiger partial charge on any atom is -0.384 e.